The molecule has 1 aliphatic rings. The van der Waals surface area contributed by atoms with Crippen molar-refractivity contribution in [3.8, 4) is 5.75 Å². The van der Waals surface area contributed by atoms with Crippen molar-refractivity contribution in [2.75, 3.05) is 38.6 Å². The molecule has 1 N–H and O–H groups in total. The molecule has 1 heterocycles. The van der Waals surface area contributed by atoms with E-state index in [0.29, 0.717) is 19.6 Å². The molecule has 2 aromatic rings. The summed E-state index contributed by atoms with van der Waals surface area (Å²) >= 11 is 0. The van der Waals surface area contributed by atoms with Gasteiger partial charge in [-0.05, 0) is 36.8 Å². The highest BCUT2D eigenvalue weighted by molar-refractivity contribution is 5.94. The molecule has 1 atom stereocenters. The maximum Gasteiger partial charge on any atom is 0.241 e. The molecule has 1 unspecified atom stereocenters. The number of nitrogens with zero attached hydrogens (tertiary/aromatic N) is 2. The molecule has 2 aromatic carbocycles. The van der Waals surface area contributed by atoms with Crippen LogP contribution in [0.1, 0.15) is 12.5 Å². The van der Waals surface area contributed by atoms with E-state index in [1.807, 2.05) is 11.0 Å². The molecule has 1 saturated heterocycles. The average molecular weight is 407 g/mol. The fourth-order valence-electron chi connectivity index (χ4n) is 3.37. The maximum atomic E-state index is 13.8. The second-order valence-corrected chi connectivity index (χ2v) is 7.07. The van der Waals surface area contributed by atoms with Gasteiger partial charge in [-0.1, -0.05) is 6.07 Å². The molecule has 0 spiro atoms. The lowest BCUT2D eigenvalue weighted by Crippen LogP contribution is -2.52. The molecule has 5 nitrogen and oxygen atoms in total. The molecule has 3 rings (SSSR count). The summed E-state index contributed by atoms with van der Waals surface area (Å²) < 4.78 is 45.5. The number of methoxy groups -OCH3 is 1. The van der Waals surface area contributed by atoms with Crippen LogP contribution in [0.15, 0.2) is 36.4 Å². The lowest BCUT2D eigenvalue weighted by atomic mass is 10.1. The van der Waals surface area contributed by atoms with Crippen LogP contribution in [-0.2, 0) is 11.3 Å². The summed E-state index contributed by atoms with van der Waals surface area (Å²) in [5.41, 5.74) is 0.817. The van der Waals surface area contributed by atoms with Crippen LogP contribution in [0, 0.1) is 17.5 Å². The number of ether oxygens (including phenoxy) is 1. The van der Waals surface area contributed by atoms with Crippen LogP contribution in [-0.4, -0.2) is 55.0 Å². The first-order valence-electron chi connectivity index (χ1n) is 9.42. The molecule has 0 saturated carbocycles. The van der Waals surface area contributed by atoms with Gasteiger partial charge in [0.15, 0.2) is 11.6 Å². The van der Waals surface area contributed by atoms with Crippen molar-refractivity contribution in [1.82, 2.24) is 9.80 Å². The zero-order valence-corrected chi connectivity index (χ0v) is 16.4. The van der Waals surface area contributed by atoms with Crippen molar-refractivity contribution in [2.24, 2.45) is 0 Å². The Morgan fingerprint density at radius 1 is 1.07 bits per heavy atom. The minimum atomic E-state index is -0.804. The SMILES string of the molecule is COc1ccc(CN2CCN(C(C)C(=O)Nc3ccc(F)cc3F)CC2)cc1F. The second kappa shape index (κ2) is 9.28. The van der Waals surface area contributed by atoms with Crippen LogP contribution in [0.5, 0.6) is 5.75 Å². The van der Waals surface area contributed by atoms with E-state index in [0.717, 1.165) is 30.8 Å². The van der Waals surface area contributed by atoms with Crippen LogP contribution >= 0.6 is 0 Å². The Morgan fingerprint density at radius 3 is 2.41 bits per heavy atom. The molecule has 0 radical (unpaired) electrons. The third-order valence-electron chi connectivity index (χ3n) is 5.15. The maximum absolute atomic E-state index is 13.8. The quantitative estimate of drug-likeness (QED) is 0.799. The summed E-state index contributed by atoms with van der Waals surface area (Å²) in [4.78, 5) is 16.6. The van der Waals surface area contributed by atoms with E-state index in [1.165, 1.54) is 19.2 Å². The first-order chi connectivity index (χ1) is 13.9. The van der Waals surface area contributed by atoms with E-state index in [-0.39, 0.29) is 23.2 Å². The minimum absolute atomic E-state index is 0.0385. The van der Waals surface area contributed by atoms with Gasteiger partial charge in [0.2, 0.25) is 5.91 Å². The summed E-state index contributed by atoms with van der Waals surface area (Å²) in [5.74, 6) is -2.01. The van der Waals surface area contributed by atoms with Gasteiger partial charge in [0.25, 0.3) is 0 Å². The first-order valence-corrected chi connectivity index (χ1v) is 9.42. The Morgan fingerprint density at radius 2 is 1.79 bits per heavy atom. The van der Waals surface area contributed by atoms with Crippen LogP contribution in [0.25, 0.3) is 0 Å². The number of amides is 1. The Kier molecular flexibility index (Phi) is 6.76. The largest absolute Gasteiger partial charge is 0.494 e. The van der Waals surface area contributed by atoms with Gasteiger partial charge in [-0.2, -0.15) is 0 Å². The van der Waals surface area contributed by atoms with Gasteiger partial charge in [-0.15, -0.1) is 0 Å². The molecule has 0 aromatic heterocycles. The minimum Gasteiger partial charge on any atom is -0.494 e. The molecule has 8 heteroatoms. The number of hydrogen-bond donors (Lipinski definition) is 1. The van der Waals surface area contributed by atoms with Gasteiger partial charge in [-0.25, -0.2) is 13.2 Å². The number of carbonyl (C=O) groups is 1. The van der Waals surface area contributed by atoms with Gasteiger partial charge >= 0.3 is 0 Å². The van der Waals surface area contributed by atoms with Gasteiger partial charge < -0.3 is 10.1 Å². The summed E-state index contributed by atoms with van der Waals surface area (Å²) in [6, 6.07) is 7.51. The monoisotopic (exact) mass is 407 g/mol. The fourth-order valence-corrected chi connectivity index (χ4v) is 3.37. The lowest BCUT2D eigenvalue weighted by Gasteiger charge is -2.37. The molecule has 29 heavy (non-hydrogen) atoms. The molecule has 1 aliphatic heterocycles. The number of rotatable bonds is 6. The molecule has 0 bridgehead atoms. The van der Waals surface area contributed by atoms with Crippen LogP contribution < -0.4 is 10.1 Å². The fraction of sp³-hybridized carbons (Fsp3) is 0.381. The molecule has 156 valence electrons. The van der Waals surface area contributed by atoms with Crippen molar-refractivity contribution in [3.05, 3.63) is 59.4 Å². The summed E-state index contributed by atoms with van der Waals surface area (Å²) in [6.07, 6.45) is 0. The van der Waals surface area contributed by atoms with E-state index < -0.39 is 17.7 Å². The van der Waals surface area contributed by atoms with Gasteiger partial charge in [-0.3, -0.25) is 14.6 Å². The number of halogens is 3. The van der Waals surface area contributed by atoms with E-state index in [1.54, 1.807) is 13.0 Å². The Labute approximate surface area is 168 Å². The van der Waals surface area contributed by atoms with E-state index >= 15 is 0 Å². The molecule has 1 fully saturated rings. The number of piperazine rings is 1. The van der Waals surface area contributed by atoms with Crippen LogP contribution in [0.3, 0.4) is 0 Å². The predicted molar refractivity (Wildman–Crippen MR) is 104 cm³/mol. The molecular formula is C21H24F3N3O2. The summed E-state index contributed by atoms with van der Waals surface area (Å²) in [5, 5.41) is 2.51. The van der Waals surface area contributed by atoms with Gasteiger partial charge in [0, 0.05) is 38.8 Å². The molecule has 1 amide bonds. The topological polar surface area (TPSA) is 44.8 Å². The normalized spacial score (nSPS) is 16.4. The van der Waals surface area contributed by atoms with Crippen LogP contribution in [0.4, 0.5) is 18.9 Å². The molecule has 0 aliphatic carbocycles. The standard InChI is InChI=1S/C21H24F3N3O2/c1-14(21(28)25-19-5-4-16(22)12-17(19)23)27-9-7-26(8-10-27)13-15-3-6-20(29-2)18(24)11-15/h3-6,11-12,14H,7-10,13H2,1-2H3,(H,25,28). The highest BCUT2D eigenvalue weighted by Crippen LogP contribution is 2.20. The third-order valence-corrected chi connectivity index (χ3v) is 5.15. The summed E-state index contributed by atoms with van der Waals surface area (Å²) in [7, 11) is 1.43. The number of nitrogens with one attached hydrogen (secondary N) is 1. The van der Waals surface area contributed by atoms with Crippen molar-refractivity contribution < 1.29 is 22.7 Å². The van der Waals surface area contributed by atoms with E-state index in [9.17, 15) is 18.0 Å². The highest BCUT2D eigenvalue weighted by Gasteiger charge is 2.26. The Bertz CT molecular complexity index is 870. The van der Waals surface area contributed by atoms with Crippen molar-refractivity contribution in [3.63, 3.8) is 0 Å². The number of anilines is 1. The smallest absolute Gasteiger partial charge is 0.241 e. The average Bonchev–Trinajstić information content (AvgIpc) is 2.70. The van der Waals surface area contributed by atoms with Crippen LogP contribution in [0.2, 0.25) is 0 Å². The number of benzene rings is 2. The number of carbonyl (C=O) groups excluding carboxylic acids is 1. The highest BCUT2D eigenvalue weighted by atomic mass is 19.1. The zero-order valence-electron chi connectivity index (χ0n) is 16.4. The van der Waals surface area contributed by atoms with E-state index in [2.05, 4.69) is 10.2 Å². The predicted octanol–water partition coefficient (Wildman–Crippen LogP) is 3.26. The zero-order chi connectivity index (χ0) is 21.0. The summed E-state index contributed by atoms with van der Waals surface area (Å²) in [6.45, 7) is 5.10. The molecular weight excluding hydrogens is 383 g/mol. The first kappa shape index (κ1) is 21.1. The lowest BCUT2D eigenvalue weighted by molar-refractivity contribution is -0.121. The Balaban J connectivity index is 1.51. The van der Waals surface area contributed by atoms with Gasteiger partial charge in [0.1, 0.15) is 11.6 Å². The van der Waals surface area contributed by atoms with E-state index in [4.69, 9.17) is 4.74 Å². The third kappa shape index (κ3) is 5.27. The van der Waals surface area contributed by atoms with Crippen molar-refractivity contribution in [1.29, 1.82) is 0 Å². The second-order valence-electron chi connectivity index (χ2n) is 7.07. The number of hydrogen-bond acceptors (Lipinski definition) is 4. The van der Waals surface area contributed by atoms with Crippen molar-refractivity contribution in [2.45, 2.75) is 19.5 Å². The Hall–Kier alpha value is -2.58. The van der Waals surface area contributed by atoms with Gasteiger partial charge in [0.05, 0.1) is 18.8 Å². The van der Waals surface area contributed by atoms with Crippen molar-refractivity contribution >= 4 is 11.6 Å².